The second kappa shape index (κ2) is 6.51. The van der Waals surface area contributed by atoms with E-state index in [-0.39, 0.29) is 5.69 Å². The van der Waals surface area contributed by atoms with Crippen molar-refractivity contribution in [2.75, 3.05) is 12.3 Å². The van der Waals surface area contributed by atoms with E-state index in [9.17, 15) is 4.79 Å². The number of H-pyrrole nitrogens is 1. The van der Waals surface area contributed by atoms with Crippen LogP contribution in [0.1, 0.15) is 20.3 Å². The molecule has 0 aliphatic carbocycles. The summed E-state index contributed by atoms with van der Waals surface area (Å²) in [4.78, 5) is 12.4. The fourth-order valence-corrected chi connectivity index (χ4v) is 2.68. The summed E-state index contributed by atoms with van der Waals surface area (Å²) in [5.41, 5.74) is 6.46. The lowest BCUT2D eigenvalue weighted by Gasteiger charge is -2.11. The molecule has 6 nitrogen and oxygen atoms in total. The van der Waals surface area contributed by atoms with E-state index in [0.29, 0.717) is 29.7 Å². The fraction of sp³-hybridized carbons (Fsp3) is 0.385. The van der Waals surface area contributed by atoms with Gasteiger partial charge < -0.3 is 10.5 Å². The number of para-hydroxylation sites is 1. The molecule has 0 saturated heterocycles. The van der Waals surface area contributed by atoms with Gasteiger partial charge in [-0.2, -0.15) is 0 Å². The molecule has 1 aromatic carbocycles. The maximum atomic E-state index is 11.5. The second-order valence-electron chi connectivity index (χ2n) is 4.17. The van der Waals surface area contributed by atoms with E-state index in [1.165, 1.54) is 11.8 Å². The maximum Gasteiger partial charge on any atom is 0.343 e. The minimum Gasteiger partial charge on any atom is -0.491 e. The van der Waals surface area contributed by atoms with Gasteiger partial charge in [0.2, 0.25) is 0 Å². The molecule has 0 aliphatic rings. The Kier molecular flexibility index (Phi) is 4.73. The molecule has 2 aromatic rings. The molecule has 1 aromatic heterocycles. The lowest BCUT2D eigenvalue weighted by molar-refractivity contribution is 0.318. The molecular weight excluding hydrogens is 276 g/mol. The number of hydrogen-bond acceptors (Lipinski definition) is 5. The van der Waals surface area contributed by atoms with Gasteiger partial charge in [-0.1, -0.05) is 13.0 Å². The number of nitrogens with zero attached hydrogens (tertiary/aromatic N) is 2. The number of benzene rings is 1. The van der Waals surface area contributed by atoms with E-state index in [2.05, 4.69) is 10.2 Å². The molecule has 0 atom stereocenters. The number of aromatic nitrogens is 3. The minimum atomic E-state index is -0.216. The number of ether oxygens (including phenoxy) is 1. The minimum absolute atomic E-state index is 0.216. The Hall–Kier alpha value is -1.89. The van der Waals surface area contributed by atoms with Crippen molar-refractivity contribution in [1.82, 2.24) is 14.8 Å². The molecule has 0 radical (unpaired) electrons. The van der Waals surface area contributed by atoms with Gasteiger partial charge in [-0.25, -0.2) is 9.89 Å². The molecule has 3 N–H and O–H groups in total. The van der Waals surface area contributed by atoms with Crippen LogP contribution in [0.4, 0.5) is 5.69 Å². The SMILES string of the molecule is CCCOc1cccc(Sc2n[nH]c(=O)n2CC)c1N. The van der Waals surface area contributed by atoms with Crippen molar-refractivity contribution in [3.8, 4) is 5.75 Å². The van der Waals surface area contributed by atoms with Crippen LogP contribution in [0.3, 0.4) is 0 Å². The van der Waals surface area contributed by atoms with Gasteiger partial charge in [0.15, 0.2) is 5.16 Å². The van der Waals surface area contributed by atoms with Crippen LogP contribution in [-0.2, 0) is 6.54 Å². The highest BCUT2D eigenvalue weighted by Crippen LogP contribution is 2.35. The molecular formula is C13H18N4O2S. The van der Waals surface area contributed by atoms with Gasteiger partial charge >= 0.3 is 5.69 Å². The predicted octanol–water partition coefficient (Wildman–Crippen LogP) is 2.11. The largest absolute Gasteiger partial charge is 0.491 e. The van der Waals surface area contributed by atoms with Crippen LogP contribution < -0.4 is 16.2 Å². The van der Waals surface area contributed by atoms with Gasteiger partial charge in [0.05, 0.1) is 12.3 Å². The monoisotopic (exact) mass is 294 g/mol. The third-order valence-electron chi connectivity index (χ3n) is 2.73. The Labute approximate surface area is 121 Å². The Balaban J connectivity index is 2.27. The second-order valence-corrected chi connectivity index (χ2v) is 5.18. The Bertz CT molecular complexity index is 636. The summed E-state index contributed by atoms with van der Waals surface area (Å²) in [6.45, 7) is 5.12. The van der Waals surface area contributed by atoms with Crippen LogP contribution in [0.5, 0.6) is 5.75 Å². The molecule has 0 spiro atoms. The molecule has 0 unspecified atom stereocenters. The van der Waals surface area contributed by atoms with Crippen molar-refractivity contribution in [3.63, 3.8) is 0 Å². The first-order valence-corrected chi connectivity index (χ1v) is 7.33. The van der Waals surface area contributed by atoms with Crippen molar-refractivity contribution in [1.29, 1.82) is 0 Å². The average Bonchev–Trinajstić information content (AvgIpc) is 2.80. The first-order chi connectivity index (χ1) is 9.67. The van der Waals surface area contributed by atoms with Crippen molar-refractivity contribution in [2.24, 2.45) is 0 Å². The zero-order chi connectivity index (χ0) is 14.5. The van der Waals surface area contributed by atoms with Gasteiger partial charge in [-0.3, -0.25) is 4.57 Å². The standard InChI is InChI=1S/C13H18N4O2S/c1-3-8-19-9-6-5-7-10(11(9)14)20-13-16-15-12(18)17(13)4-2/h5-7H,3-4,8,14H2,1-2H3,(H,15,18). The van der Waals surface area contributed by atoms with E-state index >= 15 is 0 Å². The summed E-state index contributed by atoms with van der Waals surface area (Å²) in [5, 5.41) is 7.04. The van der Waals surface area contributed by atoms with Gasteiger partial charge in [0.25, 0.3) is 0 Å². The molecule has 7 heteroatoms. The van der Waals surface area contributed by atoms with Crippen molar-refractivity contribution in [2.45, 2.75) is 36.9 Å². The van der Waals surface area contributed by atoms with Crippen LogP contribution in [0.15, 0.2) is 33.0 Å². The molecule has 0 saturated carbocycles. The summed E-state index contributed by atoms with van der Waals surface area (Å²) in [6.07, 6.45) is 0.922. The number of hydrogen-bond donors (Lipinski definition) is 2. The fourth-order valence-electron chi connectivity index (χ4n) is 1.71. The van der Waals surface area contributed by atoms with Gasteiger partial charge in [-0.05, 0) is 37.2 Å². The van der Waals surface area contributed by atoms with Crippen LogP contribution in [0.25, 0.3) is 0 Å². The van der Waals surface area contributed by atoms with Crippen molar-refractivity contribution in [3.05, 3.63) is 28.7 Å². The molecule has 108 valence electrons. The smallest absolute Gasteiger partial charge is 0.343 e. The number of aromatic amines is 1. The molecule has 0 bridgehead atoms. The summed E-state index contributed by atoms with van der Waals surface area (Å²) in [5.74, 6) is 0.665. The topological polar surface area (TPSA) is 85.9 Å². The van der Waals surface area contributed by atoms with Gasteiger partial charge in [0, 0.05) is 11.4 Å². The number of nitrogens with one attached hydrogen (secondary N) is 1. The zero-order valence-electron chi connectivity index (χ0n) is 11.5. The van der Waals surface area contributed by atoms with Crippen molar-refractivity contribution >= 4 is 17.4 Å². The predicted molar refractivity (Wildman–Crippen MR) is 79.3 cm³/mol. The van der Waals surface area contributed by atoms with Crippen LogP contribution in [0, 0.1) is 0 Å². The normalized spacial score (nSPS) is 10.7. The van der Waals surface area contributed by atoms with E-state index in [1.54, 1.807) is 4.57 Å². The van der Waals surface area contributed by atoms with Gasteiger partial charge in [0.1, 0.15) is 5.75 Å². The summed E-state index contributed by atoms with van der Waals surface area (Å²) >= 11 is 1.35. The van der Waals surface area contributed by atoms with E-state index in [0.717, 1.165) is 11.3 Å². The van der Waals surface area contributed by atoms with E-state index < -0.39 is 0 Å². The molecule has 2 rings (SSSR count). The Morgan fingerprint density at radius 2 is 2.25 bits per heavy atom. The number of nitrogens with two attached hydrogens (primary N) is 1. The van der Waals surface area contributed by atoms with E-state index in [4.69, 9.17) is 10.5 Å². The zero-order valence-corrected chi connectivity index (χ0v) is 12.4. The molecule has 0 fully saturated rings. The third-order valence-corrected chi connectivity index (χ3v) is 3.80. The lowest BCUT2D eigenvalue weighted by atomic mass is 10.3. The third kappa shape index (κ3) is 2.98. The van der Waals surface area contributed by atoms with Gasteiger partial charge in [-0.15, -0.1) is 5.10 Å². The Morgan fingerprint density at radius 1 is 1.45 bits per heavy atom. The highest BCUT2D eigenvalue weighted by Gasteiger charge is 2.12. The highest BCUT2D eigenvalue weighted by molar-refractivity contribution is 7.99. The summed E-state index contributed by atoms with van der Waals surface area (Å²) in [7, 11) is 0. The lowest BCUT2D eigenvalue weighted by Crippen LogP contribution is -2.16. The number of rotatable bonds is 6. The maximum absolute atomic E-state index is 11.5. The highest BCUT2D eigenvalue weighted by atomic mass is 32.2. The molecule has 0 amide bonds. The van der Waals surface area contributed by atoms with Crippen LogP contribution in [-0.4, -0.2) is 21.4 Å². The molecule has 20 heavy (non-hydrogen) atoms. The quantitative estimate of drug-likeness (QED) is 0.797. The van der Waals surface area contributed by atoms with E-state index in [1.807, 2.05) is 32.0 Å². The molecule has 1 heterocycles. The molecule has 0 aliphatic heterocycles. The number of nitrogen functional groups attached to an aromatic ring is 1. The first-order valence-electron chi connectivity index (χ1n) is 6.51. The van der Waals surface area contributed by atoms with Crippen LogP contribution >= 0.6 is 11.8 Å². The first kappa shape index (κ1) is 14.5. The summed E-state index contributed by atoms with van der Waals surface area (Å²) in [6, 6.07) is 5.61. The number of anilines is 1. The van der Waals surface area contributed by atoms with Crippen molar-refractivity contribution < 1.29 is 4.74 Å². The van der Waals surface area contributed by atoms with Crippen LogP contribution in [0.2, 0.25) is 0 Å². The average molecular weight is 294 g/mol. The Morgan fingerprint density at radius 3 is 2.95 bits per heavy atom. The summed E-state index contributed by atoms with van der Waals surface area (Å²) < 4.78 is 7.15.